The highest BCUT2D eigenvalue weighted by Gasteiger charge is 2.22. The first kappa shape index (κ1) is 26.5. The van der Waals surface area contributed by atoms with Crippen LogP contribution in [-0.2, 0) is 4.74 Å². The number of hydrogen-bond donors (Lipinski definition) is 0. The van der Waals surface area contributed by atoms with Gasteiger partial charge in [-0.2, -0.15) is 0 Å². The average molecular weight is 506 g/mol. The maximum absolute atomic E-state index is 14.3. The summed E-state index contributed by atoms with van der Waals surface area (Å²) < 4.78 is 39.6. The predicted octanol–water partition coefficient (Wildman–Crippen LogP) is 7.54. The maximum Gasteiger partial charge on any atom is 0.169 e. The lowest BCUT2D eigenvalue weighted by Gasteiger charge is -2.17. The highest BCUT2D eigenvalue weighted by molar-refractivity contribution is 6.42. The zero-order chi connectivity index (χ0) is 26.5. The minimum Gasteiger partial charge on any atom is -0.501 e. The molecule has 3 heterocycles. The Morgan fingerprint density at radius 1 is 1.22 bits per heavy atom. The van der Waals surface area contributed by atoms with Crippen molar-refractivity contribution < 1.29 is 17.9 Å². The molecule has 1 aromatic carbocycles. The van der Waals surface area contributed by atoms with Crippen LogP contribution in [0.2, 0.25) is 0 Å². The molecule has 4 rings (SSSR count). The number of allylic oxidation sites excluding steroid dienone is 6. The number of nitrogens with zero attached hydrogens (tertiary/aromatic N) is 3. The number of aryl methyl sites for hydroxylation is 2. The first-order valence-electron chi connectivity index (χ1n) is 12.6. The van der Waals surface area contributed by atoms with Crippen molar-refractivity contribution in [3.8, 4) is 0 Å². The third kappa shape index (κ3) is 6.04. The summed E-state index contributed by atoms with van der Waals surface area (Å²) in [4.78, 5) is 13.5. The first-order chi connectivity index (χ1) is 17.8. The largest absolute Gasteiger partial charge is 0.501 e. The van der Waals surface area contributed by atoms with Gasteiger partial charge in [-0.25, -0.2) is 18.8 Å². The van der Waals surface area contributed by atoms with Crippen LogP contribution in [0.15, 0.2) is 72.8 Å². The van der Waals surface area contributed by atoms with Crippen molar-refractivity contribution in [1.29, 1.82) is 0 Å². The zero-order valence-corrected chi connectivity index (χ0v) is 22.1. The van der Waals surface area contributed by atoms with Gasteiger partial charge in [0, 0.05) is 24.7 Å². The van der Waals surface area contributed by atoms with Crippen LogP contribution in [0.1, 0.15) is 62.2 Å². The Labute approximate surface area is 217 Å². The Hall–Kier alpha value is -3.61. The molecule has 7 heteroatoms. The van der Waals surface area contributed by atoms with Crippen LogP contribution in [0.3, 0.4) is 0 Å². The Morgan fingerprint density at radius 2 is 2.03 bits per heavy atom. The number of benzene rings is 1. The van der Waals surface area contributed by atoms with E-state index in [0.717, 1.165) is 60.2 Å². The lowest BCUT2D eigenvalue weighted by molar-refractivity contribution is 0.258. The molecule has 0 fully saturated rings. The van der Waals surface area contributed by atoms with Gasteiger partial charge in [-0.05, 0) is 75.8 Å². The van der Waals surface area contributed by atoms with Crippen LogP contribution in [0.5, 0.6) is 0 Å². The van der Waals surface area contributed by atoms with Gasteiger partial charge in [0.05, 0.1) is 24.1 Å². The number of ether oxygens (including phenoxy) is 1. The van der Waals surface area contributed by atoms with Gasteiger partial charge in [0.25, 0.3) is 0 Å². The Morgan fingerprint density at radius 3 is 2.73 bits per heavy atom. The van der Waals surface area contributed by atoms with Crippen molar-refractivity contribution in [2.75, 3.05) is 13.7 Å². The summed E-state index contributed by atoms with van der Waals surface area (Å²) in [7, 11) is 1.71. The van der Waals surface area contributed by atoms with Gasteiger partial charge in [-0.1, -0.05) is 24.6 Å². The summed E-state index contributed by atoms with van der Waals surface area (Å²) in [6.07, 6.45) is 9.11. The van der Waals surface area contributed by atoms with Crippen LogP contribution in [0.25, 0.3) is 5.57 Å². The van der Waals surface area contributed by atoms with Crippen LogP contribution in [0, 0.1) is 31.4 Å². The van der Waals surface area contributed by atoms with Crippen LogP contribution in [-0.4, -0.2) is 31.4 Å². The summed E-state index contributed by atoms with van der Waals surface area (Å²) in [5.74, 6) is 1.25. The number of fused-ring (bicyclic) bond motifs is 1. The number of methoxy groups -OCH3 is 1. The zero-order valence-electron chi connectivity index (χ0n) is 22.1. The third-order valence-electron chi connectivity index (χ3n) is 6.78. The fourth-order valence-electron chi connectivity index (χ4n) is 4.58. The minimum absolute atomic E-state index is 0.0494. The van der Waals surface area contributed by atoms with Crippen molar-refractivity contribution in [3.05, 3.63) is 87.7 Å². The lowest BCUT2D eigenvalue weighted by Crippen LogP contribution is -2.08. The smallest absolute Gasteiger partial charge is 0.169 e. The molecule has 37 heavy (non-hydrogen) atoms. The molecule has 0 bridgehead atoms. The van der Waals surface area contributed by atoms with Crippen molar-refractivity contribution in [2.24, 2.45) is 20.9 Å². The number of halogens is 2. The first-order valence-corrected chi connectivity index (χ1v) is 12.6. The Kier molecular flexibility index (Phi) is 8.31. The van der Waals surface area contributed by atoms with E-state index < -0.39 is 11.6 Å². The van der Waals surface area contributed by atoms with Crippen LogP contribution >= 0.6 is 0 Å². The van der Waals surface area contributed by atoms with Gasteiger partial charge < -0.3 is 9.15 Å². The Balaban J connectivity index is 1.52. The third-order valence-corrected chi connectivity index (χ3v) is 6.78. The quantitative estimate of drug-likeness (QED) is 0.288. The molecular weight excluding hydrogens is 472 g/mol. The maximum atomic E-state index is 14.3. The minimum atomic E-state index is -0.943. The molecule has 2 aliphatic heterocycles. The van der Waals surface area contributed by atoms with Gasteiger partial charge >= 0.3 is 0 Å². The van der Waals surface area contributed by atoms with E-state index in [9.17, 15) is 8.78 Å². The highest BCUT2D eigenvalue weighted by Crippen LogP contribution is 2.31. The standard InChI is InChI=1S/C30H33F2N3O2/c1-6-18(2)24(25-13-19(3)37-20(25)4)15-22(36-5)14-21-9-7-12-27-28(17-33-16-21)35-30(34-27)23-10-8-11-26(31)29(23)32/h8,10-13,15,17,21H,6-7,9,14,16H2,1-5H3. The van der Waals surface area contributed by atoms with Gasteiger partial charge in [-0.3, -0.25) is 4.99 Å². The van der Waals surface area contributed by atoms with E-state index in [4.69, 9.17) is 9.15 Å². The molecule has 2 aromatic rings. The van der Waals surface area contributed by atoms with Gasteiger partial charge in [-0.15, -0.1) is 0 Å². The number of hydrogen-bond acceptors (Lipinski definition) is 5. The summed E-state index contributed by atoms with van der Waals surface area (Å²) in [5.41, 5.74) is 4.76. The predicted molar refractivity (Wildman–Crippen MR) is 145 cm³/mol. The van der Waals surface area contributed by atoms with Crippen molar-refractivity contribution in [2.45, 2.75) is 53.4 Å². The van der Waals surface area contributed by atoms with E-state index in [0.29, 0.717) is 18.0 Å². The summed E-state index contributed by atoms with van der Waals surface area (Å²) >= 11 is 0. The second kappa shape index (κ2) is 11.6. The molecule has 0 aliphatic carbocycles. The normalized spacial score (nSPS) is 18.7. The molecule has 1 atom stereocenters. The molecule has 5 nitrogen and oxygen atoms in total. The number of amidine groups is 1. The number of furan rings is 1. The lowest BCUT2D eigenvalue weighted by atomic mass is 9.94. The number of rotatable bonds is 7. The molecule has 194 valence electrons. The van der Waals surface area contributed by atoms with Crippen molar-refractivity contribution in [1.82, 2.24) is 0 Å². The van der Waals surface area contributed by atoms with E-state index in [1.165, 1.54) is 17.7 Å². The monoisotopic (exact) mass is 505 g/mol. The van der Waals surface area contributed by atoms with Gasteiger partial charge in [0.2, 0.25) is 0 Å². The topological polar surface area (TPSA) is 59.5 Å². The molecule has 2 aliphatic rings. The van der Waals surface area contributed by atoms with E-state index >= 15 is 0 Å². The molecule has 0 amide bonds. The van der Waals surface area contributed by atoms with Gasteiger partial charge in [0.15, 0.2) is 17.5 Å². The van der Waals surface area contributed by atoms with Crippen LogP contribution in [0.4, 0.5) is 8.78 Å². The molecule has 0 N–H and O–H groups in total. The summed E-state index contributed by atoms with van der Waals surface area (Å²) in [6, 6.07) is 6.09. The fourth-order valence-corrected chi connectivity index (χ4v) is 4.58. The summed E-state index contributed by atoms with van der Waals surface area (Å²) in [5, 5.41) is 0. The van der Waals surface area contributed by atoms with Crippen LogP contribution < -0.4 is 0 Å². The molecule has 0 radical (unpaired) electrons. The molecular formula is C30H33F2N3O2. The van der Waals surface area contributed by atoms with Crippen molar-refractivity contribution in [3.63, 3.8) is 0 Å². The average Bonchev–Trinajstić information content (AvgIpc) is 3.45. The molecule has 1 unspecified atom stereocenters. The number of aliphatic imine (C=N–C) groups is 3. The SMILES string of the molecule is CCC(C)=C(C=C(CC1CCC=C2N=C(c3cccc(F)c3F)N=C2C=NC1)OC)c1cc(C)oc1C. The molecule has 0 saturated heterocycles. The van der Waals surface area contributed by atoms with Gasteiger partial charge in [0.1, 0.15) is 17.2 Å². The molecule has 1 aromatic heterocycles. The van der Waals surface area contributed by atoms with E-state index in [2.05, 4.69) is 41.0 Å². The second-order valence-corrected chi connectivity index (χ2v) is 9.45. The van der Waals surface area contributed by atoms with Crippen molar-refractivity contribution >= 4 is 23.3 Å². The van der Waals surface area contributed by atoms with E-state index in [-0.39, 0.29) is 17.3 Å². The van der Waals surface area contributed by atoms with E-state index in [1.807, 2.05) is 19.9 Å². The highest BCUT2D eigenvalue weighted by atomic mass is 19.2. The molecule has 0 spiro atoms. The van der Waals surface area contributed by atoms with E-state index in [1.54, 1.807) is 13.3 Å². The fraction of sp³-hybridized carbons (Fsp3) is 0.367. The molecule has 0 saturated carbocycles. The second-order valence-electron chi connectivity index (χ2n) is 9.45. The Bertz CT molecular complexity index is 1360. The summed E-state index contributed by atoms with van der Waals surface area (Å²) in [6.45, 7) is 8.83.